The van der Waals surface area contributed by atoms with E-state index in [0.717, 1.165) is 116 Å². The van der Waals surface area contributed by atoms with Gasteiger partial charge < -0.3 is 18.9 Å². The minimum atomic E-state index is -4.40. The number of hydrogen-bond acceptors (Lipinski definition) is 7. The molecule has 94 heavy (non-hydrogen) atoms. The number of nitrogens with zero attached hydrogens (tertiary/aromatic N) is 1. The van der Waals surface area contributed by atoms with E-state index in [1.54, 1.807) is 0 Å². The SMILES string of the molecule is CC/C=C\C/C=C\C/C=C\C/C=C\C/C=C\C/C=C\C/C=C\CCCCCCCCCCCCCCCC(=O)OC(COC(=O)CCCCCCCCCCCCCCCCCCCCC/C=C\C/C=C\C/C=C\C/C=C\C/C=C\CC)COP(=O)(O)OCC[N+](C)(C)C. The summed E-state index contributed by atoms with van der Waals surface area (Å²) in [5.74, 6) is -0.793. The number of likely N-dealkylation sites (N-methyl/N-ethyl adjacent to an activating group) is 1. The highest BCUT2D eigenvalue weighted by molar-refractivity contribution is 7.47. The average Bonchev–Trinajstić information content (AvgIpc) is 1.68. The van der Waals surface area contributed by atoms with E-state index in [1.165, 1.54) is 173 Å². The summed E-state index contributed by atoms with van der Waals surface area (Å²) in [5, 5.41) is 0. The molecule has 0 aromatic heterocycles. The Morgan fingerprint density at radius 2 is 0.574 bits per heavy atom. The number of esters is 2. The molecule has 0 heterocycles. The lowest BCUT2D eigenvalue weighted by molar-refractivity contribution is -0.870. The molecule has 0 amide bonds. The van der Waals surface area contributed by atoms with Crippen molar-refractivity contribution >= 4 is 19.8 Å². The number of ether oxygens (including phenoxy) is 2. The fourth-order valence-corrected chi connectivity index (χ4v) is 11.3. The van der Waals surface area contributed by atoms with Crippen LogP contribution in [0.25, 0.3) is 0 Å². The first kappa shape index (κ1) is 89.9. The van der Waals surface area contributed by atoms with Crippen LogP contribution >= 0.6 is 7.82 Å². The van der Waals surface area contributed by atoms with Gasteiger partial charge in [-0.2, -0.15) is 0 Å². The number of carbonyl (C=O) groups excluding carboxylic acids is 2. The van der Waals surface area contributed by atoms with Crippen LogP contribution in [-0.4, -0.2) is 74.9 Å². The van der Waals surface area contributed by atoms with Crippen molar-refractivity contribution in [2.45, 2.75) is 328 Å². The van der Waals surface area contributed by atoms with Gasteiger partial charge in [0.15, 0.2) is 6.10 Å². The lowest BCUT2D eigenvalue weighted by Gasteiger charge is -2.24. The molecule has 0 radical (unpaired) electrons. The van der Waals surface area contributed by atoms with Gasteiger partial charge in [0.1, 0.15) is 19.8 Å². The quantitative estimate of drug-likeness (QED) is 0.0211. The number of phosphoric ester groups is 1. The molecule has 0 aliphatic carbocycles. The topological polar surface area (TPSA) is 108 Å². The highest BCUT2D eigenvalue weighted by atomic mass is 31.2. The molecule has 0 aliphatic heterocycles. The third kappa shape index (κ3) is 76.9. The number of phosphoric acid groups is 1. The standard InChI is InChI=1S/C84H144NO8P/c1-6-8-10-12-14-16-18-20-22-24-26-28-30-32-34-36-38-40-42-44-46-48-50-52-54-56-58-60-62-64-66-68-70-72-74-76-83(86)90-80-82(81-92-94(88,89)91-79-78-85(3,4)5)93-84(87)77-75-73-71-69-67-65-63-61-59-57-55-53-51-49-47-45-43-41-39-37-35-33-31-29-27-25-23-21-19-17-15-13-11-9-7-2/h8-11,14-17,20-23,26-29,32-35,39,41,45,47,82H,6-7,12-13,18-19,24-25,30-31,36-38,40,42-44,46,48-81H2,1-5H3/p+1/b10-8-,11-9-,16-14-,17-15-,22-20-,23-21-,28-26-,29-27-,34-32-,35-33-,41-39-,47-45-. The van der Waals surface area contributed by atoms with E-state index >= 15 is 0 Å². The lowest BCUT2D eigenvalue weighted by Crippen LogP contribution is -2.37. The predicted molar refractivity (Wildman–Crippen MR) is 408 cm³/mol. The average molecular weight is 1330 g/mol. The summed E-state index contributed by atoms with van der Waals surface area (Å²) in [6, 6.07) is 0. The van der Waals surface area contributed by atoms with E-state index in [2.05, 4.69) is 160 Å². The minimum Gasteiger partial charge on any atom is -0.462 e. The van der Waals surface area contributed by atoms with Gasteiger partial charge in [-0.3, -0.25) is 18.6 Å². The van der Waals surface area contributed by atoms with Crippen LogP contribution in [0.15, 0.2) is 146 Å². The number of quaternary nitrogens is 1. The third-order valence-electron chi connectivity index (χ3n) is 16.4. The van der Waals surface area contributed by atoms with Crippen LogP contribution in [0.5, 0.6) is 0 Å². The number of rotatable bonds is 70. The Kier molecular flexibility index (Phi) is 69.9. The molecule has 0 bridgehead atoms. The molecule has 10 heteroatoms. The van der Waals surface area contributed by atoms with Crippen LogP contribution in [0.3, 0.4) is 0 Å². The summed E-state index contributed by atoms with van der Waals surface area (Å²) in [4.78, 5) is 36.0. The Labute approximate surface area is 580 Å². The first-order valence-corrected chi connectivity index (χ1v) is 40.1. The monoisotopic (exact) mass is 1330 g/mol. The van der Waals surface area contributed by atoms with Crippen LogP contribution in [0.4, 0.5) is 0 Å². The lowest BCUT2D eigenvalue weighted by atomic mass is 10.0. The Balaban J connectivity index is 4.01. The Bertz CT molecular complexity index is 2100. The molecule has 0 aromatic carbocycles. The zero-order valence-corrected chi connectivity index (χ0v) is 62.3. The summed E-state index contributed by atoms with van der Waals surface area (Å²) in [6.07, 6.45) is 108. The van der Waals surface area contributed by atoms with E-state index in [1.807, 2.05) is 21.1 Å². The maximum absolute atomic E-state index is 12.9. The van der Waals surface area contributed by atoms with Crippen molar-refractivity contribution in [1.82, 2.24) is 0 Å². The second-order valence-corrected chi connectivity index (χ2v) is 28.1. The molecule has 0 aliphatic rings. The molecule has 2 atom stereocenters. The van der Waals surface area contributed by atoms with Gasteiger partial charge in [0.05, 0.1) is 27.7 Å². The van der Waals surface area contributed by atoms with Crippen molar-refractivity contribution in [2.24, 2.45) is 0 Å². The molecule has 0 saturated heterocycles. The molecule has 0 saturated carbocycles. The summed E-state index contributed by atoms with van der Waals surface area (Å²) in [6.45, 7) is 4.23. The zero-order valence-electron chi connectivity index (χ0n) is 61.4. The second kappa shape index (κ2) is 73.1. The van der Waals surface area contributed by atoms with Gasteiger partial charge in [0.2, 0.25) is 0 Å². The first-order valence-electron chi connectivity index (χ1n) is 38.6. The fraction of sp³-hybridized carbons (Fsp3) is 0.690. The number of hydrogen-bond donors (Lipinski definition) is 1. The number of carbonyl (C=O) groups is 2. The first-order chi connectivity index (χ1) is 46.0. The van der Waals surface area contributed by atoms with Gasteiger partial charge in [0, 0.05) is 12.8 Å². The van der Waals surface area contributed by atoms with Crippen LogP contribution in [-0.2, 0) is 32.7 Å². The van der Waals surface area contributed by atoms with Gasteiger partial charge in [-0.1, -0.05) is 339 Å². The van der Waals surface area contributed by atoms with Gasteiger partial charge in [-0.05, 0) is 116 Å². The molecule has 1 N–H and O–H groups in total. The smallest absolute Gasteiger partial charge is 0.462 e. The van der Waals surface area contributed by atoms with Crippen molar-refractivity contribution in [1.29, 1.82) is 0 Å². The third-order valence-corrected chi connectivity index (χ3v) is 17.3. The Hall–Kier alpha value is -4.11. The predicted octanol–water partition coefficient (Wildman–Crippen LogP) is 25.7. The van der Waals surface area contributed by atoms with E-state index in [9.17, 15) is 19.0 Å². The van der Waals surface area contributed by atoms with Gasteiger partial charge >= 0.3 is 19.8 Å². The Morgan fingerprint density at radius 1 is 0.330 bits per heavy atom. The van der Waals surface area contributed by atoms with Gasteiger partial charge in [0.25, 0.3) is 0 Å². The molecule has 9 nitrogen and oxygen atoms in total. The maximum Gasteiger partial charge on any atom is 0.472 e. The molecular formula is C84H145NO8P+. The van der Waals surface area contributed by atoms with Crippen LogP contribution < -0.4 is 0 Å². The second-order valence-electron chi connectivity index (χ2n) is 26.6. The summed E-state index contributed by atoms with van der Waals surface area (Å²) in [7, 11) is 1.47. The minimum absolute atomic E-state index is 0.0273. The zero-order chi connectivity index (χ0) is 68.3. The summed E-state index contributed by atoms with van der Waals surface area (Å²) in [5.41, 5.74) is 0. The van der Waals surface area contributed by atoms with E-state index < -0.39 is 26.5 Å². The number of allylic oxidation sites excluding steroid dienone is 24. The van der Waals surface area contributed by atoms with Crippen molar-refractivity contribution in [2.75, 3.05) is 47.5 Å². The molecular weight excluding hydrogens is 1180 g/mol. The van der Waals surface area contributed by atoms with Crippen molar-refractivity contribution in [3.8, 4) is 0 Å². The van der Waals surface area contributed by atoms with Crippen LogP contribution in [0.2, 0.25) is 0 Å². The highest BCUT2D eigenvalue weighted by Gasteiger charge is 2.27. The maximum atomic E-state index is 12.9. The molecule has 538 valence electrons. The van der Waals surface area contributed by atoms with E-state index in [0.29, 0.717) is 17.4 Å². The summed E-state index contributed by atoms with van der Waals surface area (Å²) >= 11 is 0. The van der Waals surface area contributed by atoms with Crippen molar-refractivity contribution in [3.05, 3.63) is 146 Å². The molecule has 2 unspecified atom stereocenters. The largest absolute Gasteiger partial charge is 0.472 e. The van der Waals surface area contributed by atoms with Crippen molar-refractivity contribution < 1.29 is 42.1 Å². The van der Waals surface area contributed by atoms with E-state index in [-0.39, 0.29) is 32.0 Å². The van der Waals surface area contributed by atoms with Crippen molar-refractivity contribution in [3.63, 3.8) is 0 Å². The summed E-state index contributed by atoms with van der Waals surface area (Å²) < 4.78 is 34.8. The fourth-order valence-electron chi connectivity index (χ4n) is 10.6. The molecule has 0 rings (SSSR count). The highest BCUT2D eigenvalue weighted by Crippen LogP contribution is 2.43. The van der Waals surface area contributed by atoms with E-state index in [4.69, 9.17) is 18.5 Å². The van der Waals surface area contributed by atoms with Crippen LogP contribution in [0, 0.1) is 0 Å². The normalized spacial score (nSPS) is 13.9. The number of unbranched alkanes of at least 4 members (excludes halogenated alkanes) is 32. The molecule has 0 spiro atoms. The Morgan fingerprint density at radius 3 is 0.851 bits per heavy atom. The molecule has 0 fully saturated rings. The van der Waals surface area contributed by atoms with Crippen LogP contribution in [0.1, 0.15) is 322 Å². The van der Waals surface area contributed by atoms with Gasteiger partial charge in [-0.25, -0.2) is 4.57 Å². The molecule has 0 aromatic rings. The van der Waals surface area contributed by atoms with Gasteiger partial charge in [-0.15, -0.1) is 0 Å².